The summed E-state index contributed by atoms with van der Waals surface area (Å²) in [5, 5.41) is 10.5. The highest BCUT2D eigenvalue weighted by Crippen LogP contribution is 2.45. The van der Waals surface area contributed by atoms with Crippen molar-refractivity contribution in [3.8, 4) is 22.6 Å². The molecule has 190 valence electrons. The molecule has 7 heteroatoms. The number of aromatic nitrogens is 2. The molecule has 0 unspecified atom stereocenters. The van der Waals surface area contributed by atoms with Gasteiger partial charge < -0.3 is 14.4 Å². The van der Waals surface area contributed by atoms with E-state index in [0.717, 1.165) is 5.56 Å². The summed E-state index contributed by atoms with van der Waals surface area (Å²) in [6.45, 7) is 7.76. The summed E-state index contributed by atoms with van der Waals surface area (Å²) in [5.74, 6) is -1.82. The van der Waals surface area contributed by atoms with Gasteiger partial charge in [0.1, 0.15) is 24.0 Å². The third kappa shape index (κ3) is 4.43. The molecule has 0 aliphatic rings. The van der Waals surface area contributed by atoms with Crippen molar-refractivity contribution in [1.29, 1.82) is 0 Å². The number of hydrogen-bond donors (Lipinski definition) is 1. The molecule has 0 aliphatic carbocycles. The van der Waals surface area contributed by atoms with Gasteiger partial charge in [0.15, 0.2) is 0 Å². The van der Waals surface area contributed by atoms with Crippen LogP contribution in [0.5, 0.6) is 5.75 Å². The molecular formula is C31H24F2N2O3. The number of aryl methyl sites for hydroxylation is 1. The quantitative estimate of drug-likeness (QED) is 0.245. The first-order valence-corrected chi connectivity index (χ1v) is 11.9. The number of fused-ring (bicyclic) bond motifs is 1. The van der Waals surface area contributed by atoms with Crippen LogP contribution in [0.4, 0.5) is 8.78 Å². The van der Waals surface area contributed by atoms with E-state index in [0.29, 0.717) is 44.5 Å². The van der Waals surface area contributed by atoms with Crippen LogP contribution >= 0.6 is 0 Å². The number of aromatic carboxylic acids is 1. The molecule has 1 N–H and O–H groups in total. The zero-order valence-corrected chi connectivity index (χ0v) is 20.8. The third-order valence-corrected chi connectivity index (χ3v) is 6.36. The molecule has 5 nitrogen and oxygen atoms in total. The Kier molecular flexibility index (Phi) is 6.51. The molecule has 0 aliphatic heterocycles. The van der Waals surface area contributed by atoms with E-state index < -0.39 is 11.8 Å². The Morgan fingerprint density at radius 3 is 2.53 bits per heavy atom. The lowest BCUT2D eigenvalue weighted by atomic mass is 9.96. The van der Waals surface area contributed by atoms with Gasteiger partial charge >= 0.3 is 5.97 Å². The minimum atomic E-state index is -1.16. The normalized spacial score (nSPS) is 11.1. The zero-order valence-electron chi connectivity index (χ0n) is 20.8. The summed E-state index contributed by atoms with van der Waals surface area (Å²) in [6.07, 6.45) is 2.78. The Labute approximate surface area is 218 Å². The van der Waals surface area contributed by atoms with Crippen molar-refractivity contribution in [2.45, 2.75) is 20.5 Å². The Bertz CT molecular complexity index is 1710. The highest BCUT2D eigenvalue weighted by atomic mass is 19.1. The fourth-order valence-corrected chi connectivity index (χ4v) is 4.68. The standard InChI is InChI=1S/C31H24F2N2O3/c1-18(2)30-28(23-11-12-34-16-24(23)31(36)37)29-26(35(30)22-9-10-25(33)19(3)13-22)14-21(32)15-27(29)38-17-20-7-5-4-6-8-20/h4-16H,1,17H2,2-3H3,(H,36,37). The maximum Gasteiger partial charge on any atom is 0.337 e. The number of carboxylic acids is 1. The highest BCUT2D eigenvalue weighted by Gasteiger charge is 2.27. The predicted octanol–water partition coefficient (Wildman–Crippen LogP) is 7.59. The molecule has 38 heavy (non-hydrogen) atoms. The van der Waals surface area contributed by atoms with Crippen molar-refractivity contribution in [1.82, 2.24) is 9.55 Å². The molecule has 5 rings (SSSR count). The van der Waals surface area contributed by atoms with Crippen molar-refractivity contribution < 1.29 is 23.4 Å². The minimum absolute atomic E-state index is 0.0253. The maximum absolute atomic E-state index is 15.1. The van der Waals surface area contributed by atoms with Crippen LogP contribution in [0.3, 0.4) is 0 Å². The first-order chi connectivity index (χ1) is 18.3. The van der Waals surface area contributed by atoms with Gasteiger partial charge in [-0.25, -0.2) is 13.6 Å². The van der Waals surface area contributed by atoms with Crippen LogP contribution in [0.15, 0.2) is 85.7 Å². The van der Waals surface area contributed by atoms with E-state index in [1.54, 1.807) is 36.6 Å². The van der Waals surface area contributed by atoms with Crippen LogP contribution in [0.2, 0.25) is 0 Å². The molecule has 2 heterocycles. The van der Waals surface area contributed by atoms with Gasteiger partial charge in [-0.05, 0) is 60.9 Å². The molecule has 3 aromatic carbocycles. The largest absolute Gasteiger partial charge is 0.488 e. The van der Waals surface area contributed by atoms with Gasteiger partial charge in [0.25, 0.3) is 0 Å². The molecule has 0 atom stereocenters. The lowest BCUT2D eigenvalue weighted by Crippen LogP contribution is -2.03. The molecule has 0 spiro atoms. The van der Waals surface area contributed by atoms with Crippen LogP contribution in [-0.4, -0.2) is 20.6 Å². The van der Waals surface area contributed by atoms with Gasteiger partial charge in [0.05, 0.1) is 22.2 Å². The van der Waals surface area contributed by atoms with Gasteiger partial charge in [-0.2, -0.15) is 0 Å². The number of carboxylic acid groups (broad SMARTS) is 1. The van der Waals surface area contributed by atoms with Gasteiger partial charge in [-0.3, -0.25) is 4.98 Å². The van der Waals surface area contributed by atoms with E-state index in [4.69, 9.17) is 4.74 Å². The second-order valence-electron chi connectivity index (χ2n) is 9.07. The third-order valence-electron chi connectivity index (χ3n) is 6.36. The summed E-state index contributed by atoms with van der Waals surface area (Å²) in [6, 6.07) is 18.3. The molecule has 2 aromatic heterocycles. The van der Waals surface area contributed by atoms with Crippen molar-refractivity contribution in [3.63, 3.8) is 0 Å². The second-order valence-corrected chi connectivity index (χ2v) is 9.07. The van der Waals surface area contributed by atoms with Crippen molar-refractivity contribution >= 4 is 22.4 Å². The predicted molar refractivity (Wildman–Crippen MR) is 144 cm³/mol. The maximum atomic E-state index is 15.1. The average Bonchev–Trinajstić information content (AvgIpc) is 3.24. The number of carbonyl (C=O) groups is 1. The summed E-state index contributed by atoms with van der Waals surface area (Å²) in [4.78, 5) is 16.2. The van der Waals surface area contributed by atoms with Gasteiger partial charge in [0.2, 0.25) is 0 Å². The molecule has 0 saturated heterocycles. The molecule has 5 aromatic rings. The van der Waals surface area contributed by atoms with E-state index in [2.05, 4.69) is 11.6 Å². The van der Waals surface area contributed by atoms with E-state index >= 15 is 4.39 Å². The van der Waals surface area contributed by atoms with Crippen LogP contribution in [-0.2, 0) is 6.61 Å². The zero-order chi connectivity index (χ0) is 27.0. The number of halogens is 2. The van der Waals surface area contributed by atoms with E-state index in [9.17, 15) is 14.3 Å². The molecule has 0 fully saturated rings. The van der Waals surface area contributed by atoms with Gasteiger partial charge in [-0.15, -0.1) is 0 Å². The van der Waals surface area contributed by atoms with Crippen molar-refractivity contribution in [2.75, 3.05) is 0 Å². The van der Waals surface area contributed by atoms with Gasteiger partial charge in [-0.1, -0.05) is 36.9 Å². The smallest absolute Gasteiger partial charge is 0.337 e. The number of rotatable bonds is 7. The summed E-state index contributed by atoms with van der Waals surface area (Å²) >= 11 is 0. The fraction of sp³-hybridized carbons (Fsp3) is 0.0968. The van der Waals surface area contributed by atoms with E-state index in [1.807, 2.05) is 30.3 Å². The molecule has 0 bridgehead atoms. The monoisotopic (exact) mass is 510 g/mol. The number of pyridine rings is 1. The SMILES string of the molecule is C=C(C)c1c(-c2ccncc2C(=O)O)c2c(OCc3ccccc3)cc(F)cc2n1-c1ccc(F)c(C)c1. The Hall–Kier alpha value is -4.78. The number of ether oxygens (including phenoxy) is 1. The topological polar surface area (TPSA) is 64.3 Å². The van der Waals surface area contributed by atoms with E-state index in [1.165, 1.54) is 30.6 Å². The molecule has 0 amide bonds. The molecule has 0 saturated carbocycles. The number of hydrogen-bond acceptors (Lipinski definition) is 3. The Morgan fingerprint density at radius 1 is 1.08 bits per heavy atom. The Balaban J connectivity index is 1.90. The summed E-state index contributed by atoms with van der Waals surface area (Å²) < 4.78 is 37.3. The minimum Gasteiger partial charge on any atom is -0.488 e. The lowest BCUT2D eigenvalue weighted by Gasteiger charge is -2.14. The van der Waals surface area contributed by atoms with Crippen LogP contribution in [0.25, 0.3) is 33.3 Å². The first-order valence-electron chi connectivity index (χ1n) is 11.9. The lowest BCUT2D eigenvalue weighted by molar-refractivity contribution is 0.0697. The van der Waals surface area contributed by atoms with Gasteiger partial charge in [0, 0.05) is 35.3 Å². The van der Waals surface area contributed by atoms with Crippen LogP contribution in [0, 0.1) is 18.6 Å². The van der Waals surface area contributed by atoms with Crippen molar-refractivity contribution in [3.05, 3.63) is 120 Å². The number of nitrogens with zero attached hydrogens (tertiary/aromatic N) is 2. The van der Waals surface area contributed by atoms with Crippen LogP contribution in [0.1, 0.15) is 34.1 Å². The second kappa shape index (κ2) is 9.94. The Morgan fingerprint density at radius 2 is 1.84 bits per heavy atom. The highest BCUT2D eigenvalue weighted by molar-refractivity contribution is 6.10. The molecular weight excluding hydrogens is 486 g/mol. The number of benzene rings is 3. The summed E-state index contributed by atoms with van der Waals surface area (Å²) in [5.41, 5.74) is 4.31. The average molecular weight is 511 g/mol. The number of allylic oxidation sites excluding steroid dienone is 1. The first kappa shape index (κ1) is 24.9. The van der Waals surface area contributed by atoms with E-state index in [-0.39, 0.29) is 23.7 Å². The van der Waals surface area contributed by atoms with Crippen LogP contribution < -0.4 is 4.74 Å². The van der Waals surface area contributed by atoms with Crippen molar-refractivity contribution in [2.24, 2.45) is 0 Å². The molecule has 0 radical (unpaired) electrons. The fourth-order valence-electron chi connectivity index (χ4n) is 4.68. The summed E-state index contributed by atoms with van der Waals surface area (Å²) in [7, 11) is 0.